The molecule has 0 aliphatic carbocycles. The maximum absolute atomic E-state index is 6.18. The second kappa shape index (κ2) is 6.83. The first-order chi connectivity index (χ1) is 8.04. The summed E-state index contributed by atoms with van der Waals surface area (Å²) in [5.41, 5.74) is 3.56. The molecule has 1 aromatic rings. The van der Waals surface area contributed by atoms with Crippen LogP contribution in [0.3, 0.4) is 0 Å². The van der Waals surface area contributed by atoms with Crippen molar-refractivity contribution in [3.8, 4) is 0 Å². The fourth-order valence-corrected chi connectivity index (χ4v) is 1.99. The molecule has 94 valence electrons. The van der Waals surface area contributed by atoms with Crippen molar-refractivity contribution in [3.05, 3.63) is 46.5 Å². The molecule has 17 heavy (non-hydrogen) atoms. The van der Waals surface area contributed by atoms with Gasteiger partial charge in [-0.2, -0.15) is 0 Å². The number of nitrogens with one attached hydrogen (secondary N) is 1. The van der Waals surface area contributed by atoms with Crippen molar-refractivity contribution in [3.63, 3.8) is 0 Å². The van der Waals surface area contributed by atoms with Crippen LogP contribution in [0.25, 0.3) is 0 Å². The molecule has 0 aliphatic rings. The van der Waals surface area contributed by atoms with E-state index in [9.17, 15) is 0 Å². The van der Waals surface area contributed by atoms with Crippen LogP contribution in [-0.4, -0.2) is 6.54 Å². The summed E-state index contributed by atoms with van der Waals surface area (Å²) in [5, 5.41) is 4.38. The van der Waals surface area contributed by atoms with Gasteiger partial charge in [-0.3, -0.25) is 0 Å². The van der Waals surface area contributed by atoms with Crippen molar-refractivity contribution in [1.82, 2.24) is 5.32 Å². The van der Waals surface area contributed by atoms with Gasteiger partial charge in [-0.05, 0) is 50.4 Å². The van der Waals surface area contributed by atoms with Gasteiger partial charge in [0.25, 0.3) is 0 Å². The van der Waals surface area contributed by atoms with Crippen molar-refractivity contribution in [2.45, 2.75) is 39.7 Å². The van der Waals surface area contributed by atoms with Crippen molar-refractivity contribution in [1.29, 1.82) is 0 Å². The van der Waals surface area contributed by atoms with Crippen molar-refractivity contribution in [2.75, 3.05) is 6.54 Å². The van der Waals surface area contributed by atoms with E-state index in [0.717, 1.165) is 30.0 Å². The summed E-state index contributed by atoms with van der Waals surface area (Å²) in [6, 6.07) is 6.62. The molecule has 2 heteroatoms. The van der Waals surface area contributed by atoms with E-state index in [0.29, 0.717) is 6.04 Å². The van der Waals surface area contributed by atoms with E-state index < -0.39 is 0 Å². The predicted octanol–water partition coefficient (Wildman–Crippen LogP) is 4.66. The van der Waals surface area contributed by atoms with E-state index in [2.05, 4.69) is 43.9 Å². The summed E-state index contributed by atoms with van der Waals surface area (Å²) in [4.78, 5) is 0. The van der Waals surface area contributed by atoms with Crippen molar-refractivity contribution >= 4 is 11.6 Å². The zero-order valence-electron chi connectivity index (χ0n) is 11.0. The molecule has 0 aromatic heterocycles. The van der Waals surface area contributed by atoms with Crippen LogP contribution in [0.5, 0.6) is 0 Å². The molecule has 0 radical (unpaired) electrons. The highest BCUT2D eigenvalue weighted by atomic mass is 35.5. The predicted molar refractivity (Wildman–Crippen MR) is 76.7 cm³/mol. The molecule has 1 atom stereocenters. The van der Waals surface area contributed by atoms with Crippen LogP contribution < -0.4 is 5.32 Å². The molecule has 1 nitrogen and oxygen atoms in total. The SMILES string of the molecule is C=C(C)CC(NCCC)c1ccc(C)c(Cl)c1. The average molecular weight is 252 g/mol. The standard InChI is InChI=1S/C15H22ClN/c1-5-8-17-15(9-11(2)3)13-7-6-12(4)14(16)10-13/h6-7,10,15,17H,2,5,8-9H2,1,3-4H3. The van der Waals surface area contributed by atoms with Crippen molar-refractivity contribution in [2.24, 2.45) is 0 Å². The van der Waals surface area contributed by atoms with E-state index in [1.54, 1.807) is 0 Å². The van der Waals surface area contributed by atoms with Gasteiger partial charge in [0, 0.05) is 11.1 Å². The molecular weight excluding hydrogens is 230 g/mol. The normalized spacial score (nSPS) is 12.5. The molecule has 1 rings (SSSR count). The number of hydrogen-bond donors (Lipinski definition) is 1. The Labute approximate surface area is 110 Å². The minimum atomic E-state index is 0.325. The van der Waals surface area contributed by atoms with Crippen LogP contribution in [0, 0.1) is 6.92 Å². The zero-order valence-corrected chi connectivity index (χ0v) is 11.8. The average Bonchev–Trinajstić information content (AvgIpc) is 2.27. The molecule has 0 saturated carbocycles. The van der Waals surface area contributed by atoms with Gasteiger partial charge in [-0.25, -0.2) is 0 Å². The summed E-state index contributed by atoms with van der Waals surface area (Å²) < 4.78 is 0. The van der Waals surface area contributed by atoms with Gasteiger partial charge in [0.15, 0.2) is 0 Å². The van der Waals surface area contributed by atoms with Crippen molar-refractivity contribution < 1.29 is 0 Å². The van der Waals surface area contributed by atoms with E-state index in [1.807, 2.05) is 6.92 Å². The van der Waals surface area contributed by atoms with Crippen LogP contribution >= 0.6 is 11.6 Å². The highest BCUT2D eigenvalue weighted by molar-refractivity contribution is 6.31. The Morgan fingerprint density at radius 1 is 1.47 bits per heavy atom. The Bertz CT molecular complexity index is 385. The third-order valence-electron chi connectivity index (χ3n) is 2.79. The zero-order chi connectivity index (χ0) is 12.8. The van der Waals surface area contributed by atoms with Gasteiger partial charge in [-0.15, -0.1) is 6.58 Å². The lowest BCUT2D eigenvalue weighted by molar-refractivity contribution is 0.528. The lowest BCUT2D eigenvalue weighted by atomic mass is 9.99. The Kier molecular flexibility index (Phi) is 5.73. The Morgan fingerprint density at radius 3 is 2.71 bits per heavy atom. The molecule has 1 aromatic carbocycles. The highest BCUT2D eigenvalue weighted by Gasteiger charge is 2.11. The van der Waals surface area contributed by atoms with Gasteiger partial charge < -0.3 is 5.32 Å². The Morgan fingerprint density at radius 2 is 2.18 bits per heavy atom. The Hall–Kier alpha value is -0.790. The number of rotatable bonds is 6. The van der Waals surface area contributed by atoms with Gasteiger partial charge in [0.2, 0.25) is 0 Å². The first-order valence-electron chi connectivity index (χ1n) is 6.18. The second-order valence-corrected chi connectivity index (χ2v) is 5.08. The topological polar surface area (TPSA) is 12.0 Å². The molecule has 1 N–H and O–H groups in total. The van der Waals surface area contributed by atoms with Gasteiger partial charge in [0.05, 0.1) is 0 Å². The second-order valence-electron chi connectivity index (χ2n) is 4.68. The number of halogens is 1. The van der Waals surface area contributed by atoms with Crippen LogP contribution in [-0.2, 0) is 0 Å². The van der Waals surface area contributed by atoms with E-state index in [4.69, 9.17) is 11.6 Å². The molecule has 0 aliphatic heterocycles. The van der Waals surface area contributed by atoms with E-state index in [-0.39, 0.29) is 0 Å². The number of hydrogen-bond acceptors (Lipinski definition) is 1. The lowest BCUT2D eigenvalue weighted by Gasteiger charge is -2.19. The number of aryl methyl sites for hydroxylation is 1. The fourth-order valence-electron chi connectivity index (χ4n) is 1.80. The molecule has 0 fully saturated rings. The summed E-state index contributed by atoms with van der Waals surface area (Å²) in [6.45, 7) is 11.3. The molecule has 0 amide bonds. The summed E-state index contributed by atoms with van der Waals surface area (Å²) in [7, 11) is 0. The first kappa shape index (κ1) is 14.3. The first-order valence-corrected chi connectivity index (χ1v) is 6.56. The molecular formula is C15H22ClN. The van der Waals surface area contributed by atoms with E-state index in [1.165, 1.54) is 11.1 Å². The molecule has 0 bridgehead atoms. The summed E-state index contributed by atoms with van der Waals surface area (Å²) in [6.07, 6.45) is 2.09. The maximum Gasteiger partial charge on any atom is 0.0438 e. The van der Waals surface area contributed by atoms with Crippen LogP contribution in [0.1, 0.15) is 43.9 Å². The quantitative estimate of drug-likeness (QED) is 0.726. The Balaban J connectivity index is 2.86. The molecule has 0 saturated heterocycles. The van der Waals surface area contributed by atoms with Gasteiger partial charge in [0.1, 0.15) is 0 Å². The maximum atomic E-state index is 6.18. The van der Waals surface area contributed by atoms with Gasteiger partial charge >= 0.3 is 0 Å². The van der Waals surface area contributed by atoms with Crippen LogP contribution in [0.2, 0.25) is 5.02 Å². The summed E-state index contributed by atoms with van der Waals surface area (Å²) >= 11 is 6.18. The smallest absolute Gasteiger partial charge is 0.0438 e. The summed E-state index contributed by atoms with van der Waals surface area (Å²) in [5.74, 6) is 0. The largest absolute Gasteiger partial charge is 0.310 e. The third-order valence-corrected chi connectivity index (χ3v) is 3.20. The van der Waals surface area contributed by atoms with Gasteiger partial charge in [-0.1, -0.05) is 36.2 Å². The third kappa shape index (κ3) is 4.53. The minimum Gasteiger partial charge on any atom is -0.310 e. The fraction of sp³-hybridized carbons (Fsp3) is 0.467. The molecule has 1 unspecified atom stereocenters. The highest BCUT2D eigenvalue weighted by Crippen LogP contribution is 2.25. The number of benzene rings is 1. The monoisotopic (exact) mass is 251 g/mol. The lowest BCUT2D eigenvalue weighted by Crippen LogP contribution is -2.22. The van der Waals surface area contributed by atoms with Crippen LogP contribution in [0.4, 0.5) is 0 Å². The van der Waals surface area contributed by atoms with E-state index >= 15 is 0 Å². The minimum absolute atomic E-state index is 0.325. The molecule has 0 spiro atoms. The molecule has 0 heterocycles. The van der Waals surface area contributed by atoms with Crippen LogP contribution in [0.15, 0.2) is 30.4 Å².